The second kappa shape index (κ2) is 7.46. The molecule has 1 aromatic carbocycles. The minimum Gasteiger partial charge on any atom is -0.396 e. The van der Waals surface area contributed by atoms with Crippen molar-refractivity contribution in [3.8, 4) is 11.3 Å². The zero-order chi connectivity index (χ0) is 21.7. The van der Waals surface area contributed by atoms with Crippen molar-refractivity contribution in [3.63, 3.8) is 0 Å². The summed E-state index contributed by atoms with van der Waals surface area (Å²) in [4.78, 5) is 38.1. The SMILES string of the molecule is CC(=O)N1CCc2cc(-c3cc4ncn(C)c(=O)c4c(N4CC[C@H](CO)C4)n3)ccc21. The summed E-state index contributed by atoms with van der Waals surface area (Å²) >= 11 is 0. The molecule has 0 spiro atoms. The summed E-state index contributed by atoms with van der Waals surface area (Å²) in [7, 11) is 1.69. The molecule has 5 rings (SSSR count). The standard InChI is InChI=1S/C23H25N5O3/c1-14(30)28-8-6-17-9-16(3-4-20(17)28)18-10-19-21(23(31)26(2)13-24-19)22(25-18)27-7-5-15(11-27)12-29/h3-4,9-10,13,15,29H,5-8,11-12H2,1-2H3/t15-/m0/s1. The van der Waals surface area contributed by atoms with Gasteiger partial charge in [0.05, 0.1) is 17.5 Å². The van der Waals surface area contributed by atoms with Crippen LogP contribution in [0.15, 0.2) is 35.4 Å². The van der Waals surface area contributed by atoms with Gasteiger partial charge in [0.15, 0.2) is 0 Å². The molecule has 1 N–H and O–H groups in total. The predicted octanol–water partition coefficient (Wildman–Crippen LogP) is 1.72. The van der Waals surface area contributed by atoms with Gasteiger partial charge in [-0.15, -0.1) is 0 Å². The maximum atomic E-state index is 12.9. The number of carbonyl (C=O) groups excluding carboxylic acids is 1. The highest BCUT2D eigenvalue weighted by Crippen LogP contribution is 2.34. The number of anilines is 2. The molecular weight excluding hydrogens is 394 g/mol. The number of hydrogen-bond acceptors (Lipinski definition) is 6. The van der Waals surface area contributed by atoms with E-state index in [1.54, 1.807) is 18.9 Å². The maximum Gasteiger partial charge on any atom is 0.264 e. The highest BCUT2D eigenvalue weighted by Gasteiger charge is 2.27. The molecule has 1 saturated heterocycles. The normalized spacial score (nSPS) is 18.1. The Morgan fingerprint density at radius 1 is 1.26 bits per heavy atom. The number of nitrogens with zero attached hydrogens (tertiary/aromatic N) is 5. The van der Waals surface area contributed by atoms with Crippen LogP contribution in [0.2, 0.25) is 0 Å². The van der Waals surface area contributed by atoms with Crippen molar-refractivity contribution in [3.05, 3.63) is 46.5 Å². The molecule has 1 atom stereocenters. The fourth-order valence-corrected chi connectivity index (χ4v) is 4.64. The first-order valence-corrected chi connectivity index (χ1v) is 10.6. The number of benzene rings is 1. The minimum absolute atomic E-state index is 0.0464. The van der Waals surface area contributed by atoms with E-state index in [4.69, 9.17) is 4.98 Å². The fraction of sp³-hybridized carbons (Fsp3) is 0.391. The lowest BCUT2D eigenvalue weighted by Crippen LogP contribution is -2.26. The Labute approximate surface area is 179 Å². The summed E-state index contributed by atoms with van der Waals surface area (Å²) in [6.07, 6.45) is 3.21. The lowest BCUT2D eigenvalue weighted by molar-refractivity contribution is -0.116. The maximum absolute atomic E-state index is 12.9. The molecule has 2 aliphatic heterocycles. The van der Waals surface area contributed by atoms with Gasteiger partial charge in [0.25, 0.3) is 5.56 Å². The molecule has 8 heteroatoms. The van der Waals surface area contributed by atoms with Crippen molar-refractivity contribution in [2.45, 2.75) is 19.8 Å². The van der Waals surface area contributed by atoms with Crippen molar-refractivity contribution >= 4 is 28.3 Å². The van der Waals surface area contributed by atoms with E-state index in [0.29, 0.717) is 29.8 Å². The number of carbonyl (C=O) groups is 1. The topological polar surface area (TPSA) is 91.6 Å². The van der Waals surface area contributed by atoms with Crippen LogP contribution in [-0.4, -0.2) is 51.8 Å². The number of aryl methyl sites for hydroxylation is 1. The van der Waals surface area contributed by atoms with Gasteiger partial charge >= 0.3 is 0 Å². The summed E-state index contributed by atoms with van der Waals surface area (Å²) in [5.41, 5.74) is 4.25. The first kappa shape index (κ1) is 19.7. The van der Waals surface area contributed by atoms with Gasteiger partial charge < -0.3 is 19.5 Å². The Bertz CT molecular complexity index is 1250. The predicted molar refractivity (Wildman–Crippen MR) is 119 cm³/mol. The van der Waals surface area contributed by atoms with Gasteiger partial charge in [-0.2, -0.15) is 0 Å². The first-order chi connectivity index (χ1) is 15.0. The van der Waals surface area contributed by atoms with E-state index in [1.165, 1.54) is 10.9 Å². The lowest BCUT2D eigenvalue weighted by Gasteiger charge is -2.20. The smallest absolute Gasteiger partial charge is 0.264 e. The van der Waals surface area contributed by atoms with E-state index in [0.717, 1.165) is 41.9 Å². The summed E-state index contributed by atoms with van der Waals surface area (Å²) in [6, 6.07) is 7.89. The van der Waals surface area contributed by atoms with Crippen LogP contribution in [-0.2, 0) is 18.3 Å². The third kappa shape index (κ3) is 3.27. The molecule has 160 valence electrons. The number of hydrogen-bond donors (Lipinski definition) is 1. The van der Waals surface area contributed by atoms with Crippen molar-refractivity contribution in [1.29, 1.82) is 0 Å². The van der Waals surface area contributed by atoms with Crippen molar-refractivity contribution < 1.29 is 9.90 Å². The van der Waals surface area contributed by atoms with Gasteiger partial charge in [-0.3, -0.25) is 9.59 Å². The fourth-order valence-electron chi connectivity index (χ4n) is 4.64. The molecule has 0 bridgehead atoms. The number of rotatable bonds is 3. The van der Waals surface area contributed by atoms with E-state index in [9.17, 15) is 14.7 Å². The Kier molecular flexibility index (Phi) is 4.74. The van der Waals surface area contributed by atoms with Crippen LogP contribution >= 0.6 is 0 Å². The van der Waals surface area contributed by atoms with Crippen molar-refractivity contribution in [2.24, 2.45) is 13.0 Å². The molecule has 2 aromatic heterocycles. The first-order valence-electron chi connectivity index (χ1n) is 10.6. The van der Waals surface area contributed by atoms with Crippen molar-refractivity contribution in [1.82, 2.24) is 14.5 Å². The van der Waals surface area contributed by atoms with E-state index in [-0.39, 0.29) is 24.0 Å². The third-order valence-electron chi connectivity index (χ3n) is 6.38. The molecular formula is C23H25N5O3. The monoisotopic (exact) mass is 419 g/mol. The van der Waals surface area contributed by atoms with E-state index < -0.39 is 0 Å². The van der Waals surface area contributed by atoms with Crippen LogP contribution in [0, 0.1) is 5.92 Å². The molecule has 0 saturated carbocycles. The molecule has 31 heavy (non-hydrogen) atoms. The van der Waals surface area contributed by atoms with E-state index in [2.05, 4.69) is 16.0 Å². The second-order valence-corrected chi connectivity index (χ2v) is 8.43. The molecule has 8 nitrogen and oxygen atoms in total. The Morgan fingerprint density at radius 3 is 2.84 bits per heavy atom. The Morgan fingerprint density at radius 2 is 2.10 bits per heavy atom. The highest BCUT2D eigenvalue weighted by atomic mass is 16.3. The quantitative estimate of drug-likeness (QED) is 0.695. The van der Waals surface area contributed by atoms with Gasteiger partial charge in [-0.05, 0) is 36.6 Å². The van der Waals surface area contributed by atoms with Gasteiger partial charge in [-0.1, -0.05) is 6.07 Å². The van der Waals surface area contributed by atoms with Crippen LogP contribution in [0.4, 0.5) is 11.5 Å². The number of aliphatic hydroxyl groups excluding tert-OH is 1. The molecule has 2 aliphatic rings. The van der Waals surface area contributed by atoms with Crippen LogP contribution in [0.5, 0.6) is 0 Å². The third-order valence-corrected chi connectivity index (χ3v) is 6.38. The average molecular weight is 419 g/mol. The van der Waals surface area contributed by atoms with Gasteiger partial charge in [-0.25, -0.2) is 9.97 Å². The summed E-state index contributed by atoms with van der Waals surface area (Å²) in [5.74, 6) is 0.853. The number of aliphatic hydroxyl groups is 1. The van der Waals surface area contributed by atoms with Gasteiger partial charge in [0.2, 0.25) is 5.91 Å². The molecule has 3 aromatic rings. The van der Waals surface area contributed by atoms with Crippen LogP contribution in [0.3, 0.4) is 0 Å². The highest BCUT2D eigenvalue weighted by molar-refractivity contribution is 5.95. The van der Waals surface area contributed by atoms with E-state index in [1.807, 2.05) is 18.2 Å². The zero-order valence-electron chi connectivity index (χ0n) is 17.7. The summed E-state index contributed by atoms with van der Waals surface area (Å²) < 4.78 is 1.47. The van der Waals surface area contributed by atoms with Crippen LogP contribution < -0.4 is 15.4 Å². The number of aromatic nitrogens is 3. The zero-order valence-corrected chi connectivity index (χ0v) is 17.7. The lowest BCUT2D eigenvalue weighted by atomic mass is 10.0. The Balaban J connectivity index is 1.65. The molecule has 1 fully saturated rings. The second-order valence-electron chi connectivity index (χ2n) is 8.43. The largest absolute Gasteiger partial charge is 0.396 e. The van der Waals surface area contributed by atoms with E-state index >= 15 is 0 Å². The van der Waals surface area contributed by atoms with Crippen molar-refractivity contribution in [2.75, 3.05) is 36.0 Å². The summed E-state index contributed by atoms with van der Waals surface area (Å²) in [6.45, 7) is 3.81. The molecule has 0 unspecified atom stereocenters. The molecule has 0 aliphatic carbocycles. The van der Waals surface area contributed by atoms with Gasteiger partial charge in [0.1, 0.15) is 11.2 Å². The number of amides is 1. The molecule has 1 amide bonds. The summed E-state index contributed by atoms with van der Waals surface area (Å²) in [5, 5.41) is 10.1. The van der Waals surface area contributed by atoms with Crippen LogP contribution in [0.1, 0.15) is 18.9 Å². The van der Waals surface area contributed by atoms with Gasteiger partial charge in [0, 0.05) is 57.4 Å². The number of fused-ring (bicyclic) bond motifs is 2. The minimum atomic E-state index is -0.127. The Hall–Kier alpha value is -3.26. The van der Waals surface area contributed by atoms with Crippen LogP contribution in [0.25, 0.3) is 22.2 Å². The molecule has 0 radical (unpaired) electrons. The average Bonchev–Trinajstić information content (AvgIpc) is 3.42. The molecule has 4 heterocycles. The number of pyridine rings is 1.